The van der Waals surface area contributed by atoms with E-state index < -0.39 is 5.79 Å². The van der Waals surface area contributed by atoms with Crippen molar-refractivity contribution in [1.29, 1.82) is 0 Å². The highest BCUT2D eigenvalue weighted by atomic mass is 127. The molecule has 0 N–H and O–H groups in total. The first kappa shape index (κ1) is 17.1. The molecule has 0 aromatic heterocycles. The van der Waals surface area contributed by atoms with Crippen LogP contribution in [-0.4, -0.2) is 24.8 Å². The van der Waals surface area contributed by atoms with Gasteiger partial charge < -0.3 is 14.3 Å². The molecule has 0 spiro atoms. The quantitative estimate of drug-likeness (QED) is 0.651. The first-order chi connectivity index (χ1) is 8.66. The van der Waals surface area contributed by atoms with E-state index in [0.717, 1.165) is 10.0 Å². The number of rotatable bonds is 6. The molecule has 3 nitrogen and oxygen atoms in total. The summed E-state index contributed by atoms with van der Waals surface area (Å²) in [5.74, 6) is -0.125. The summed E-state index contributed by atoms with van der Waals surface area (Å²) in [7, 11) is 0. The second-order valence-electron chi connectivity index (χ2n) is 6.41. The third kappa shape index (κ3) is 5.52. The van der Waals surface area contributed by atoms with Gasteiger partial charge in [-0.3, -0.25) is 0 Å². The maximum absolute atomic E-state index is 11.2. The summed E-state index contributed by atoms with van der Waals surface area (Å²) in [6.45, 7) is 13.3. The first-order valence-corrected chi connectivity index (χ1v) is 7.85. The van der Waals surface area contributed by atoms with Crippen molar-refractivity contribution in [3.05, 3.63) is 10.2 Å². The molecule has 1 aliphatic rings. The predicted octanol–water partition coefficient (Wildman–Crippen LogP) is 4.10. The Balaban J connectivity index is 2.74. The van der Waals surface area contributed by atoms with Gasteiger partial charge in [-0.25, -0.2) is 0 Å². The molecule has 0 aromatic rings. The van der Waals surface area contributed by atoms with Crippen LogP contribution in [0.5, 0.6) is 0 Å². The molecule has 0 bridgehead atoms. The summed E-state index contributed by atoms with van der Waals surface area (Å²) < 4.78 is 13.2. The molecule has 1 atom stereocenters. The molecule has 4 heteroatoms. The molecule has 1 aliphatic heterocycles. The summed E-state index contributed by atoms with van der Waals surface area (Å²) in [6, 6.07) is 0. The highest BCUT2D eigenvalue weighted by Crippen LogP contribution is 2.38. The van der Waals surface area contributed by atoms with Crippen molar-refractivity contribution in [3.8, 4) is 0 Å². The zero-order valence-electron chi connectivity index (χ0n) is 12.4. The van der Waals surface area contributed by atoms with Gasteiger partial charge in [-0.15, -0.1) is 0 Å². The van der Waals surface area contributed by atoms with Crippen molar-refractivity contribution in [2.24, 2.45) is 11.3 Å². The standard InChI is InChI=1S/C15H25IO3/c1-11(13(3)16)8-15(7-6-12(2)17)18-9-14(4,5)10-19-15/h11H,3,6-10H2,1-2,4-5H3/t11-/m1/s1. The Morgan fingerprint density at radius 2 is 1.89 bits per heavy atom. The number of ether oxygens (including phenoxy) is 2. The Morgan fingerprint density at radius 1 is 1.37 bits per heavy atom. The van der Waals surface area contributed by atoms with Crippen LogP contribution >= 0.6 is 22.6 Å². The van der Waals surface area contributed by atoms with Gasteiger partial charge in [-0.2, -0.15) is 0 Å². The molecular formula is C15H25IO3. The van der Waals surface area contributed by atoms with E-state index in [1.165, 1.54) is 0 Å². The molecule has 0 saturated carbocycles. The zero-order chi connectivity index (χ0) is 14.7. The summed E-state index contributed by atoms with van der Waals surface area (Å²) in [5, 5.41) is 0. The van der Waals surface area contributed by atoms with Crippen molar-refractivity contribution in [3.63, 3.8) is 0 Å². The molecule has 0 aromatic carbocycles. The fraction of sp³-hybridized carbons (Fsp3) is 0.800. The van der Waals surface area contributed by atoms with Crippen LogP contribution in [-0.2, 0) is 14.3 Å². The van der Waals surface area contributed by atoms with Gasteiger partial charge in [0.15, 0.2) is 5.79 Å². The Labute approximate surface area is 130 Å². The number of carbonyl (C=O) groups is 1. The van der Waals surface area contributed by atoms with E-state index in [1.54, 1.807) is 6.92 Å². The minimum Gasteiger partial charge on any atom is -0.349 e. The molecule has 1 fully saturated rings. The van der Waals surface area contributed by atoms with Crippen LogP contribution in [0.15, 0.2) is 10.2 Å². The lowest BCUT2D eigenvalue weighted by Gasteiger charge is -2.44. The van der Waals surface area contributed by atoms with Crippen LogP contribution in [0.1, 0.15) is 47.0 Å². The molecule has 1 rings (SSSR count). The van der Waals surface area contributed by atoms with Gasteiger partial charge in [0, 0.05) is 24.7 Å². The van der Waals surface area contributed by atoms with Gasteiger partial charge in [0.25, 0.3) is 0 Å². The Hall–Kier alpha value is 0.0600. The van der Waals surface area contributed by atoms with Gasteiger partial charge in [-0.1, -0.05) is 27.4 Å². The lowest BCUT2D eigenvalue weighted by atomic mass is 9.90. The fourth-order valence-corrected chi connectivity index (χ4v) is 2.27. The number of hydrogen-bond donors (Lipinski definition) is 0. The van der Waals surface area contributed by atoms with E-state index in [0.29, 0.717) is 32.0 Å². The van der Waals surface area contributed by atoms with Gasteiger partial charge >= 0.3 is 0 Å². The van der Waals surface area contributed by atoms with Crippen LogP contribution in [0.2, 0.25) is 0 Å². The highest BCUT2D eigenvalue weighted by molar-refractivity contribution is 14.1. The Kier molecular flexibility index (Phi) is 6.01. The van der Waals surface area contributed by atoms with Gasteiger partial charge in [0.05, 0.1) is 13.2 Å². The first-order valence-electron chi connectivity index (χ1n) is 6.77. The van der Waals surface area contributed by atoms with Crippen LogP contribution in [0.4, 0.5) is 0 Å². The average molecular weight is 380 g/mol. The van der Waals surface area contributed by atoms with Crippen LogP contribution < -0.4 is 0 Å². The summed E-state index contributed by atoms with van der Waals surface area (Å²) >= 11 is 2.25. The maximum atomic E-state index is 11.2. The van der Waals surface area contributed by atoms with Gasteiger partial charge in [0.2, 0.25) is 0 Å². The zero-order valence-corrected chi connectivity index (χ0v) is 14.6. The molecule has 0 radical (unpaired) electrons. The van der Waals surface area contributed by atoms with Crippen molar-refractivity contribution in [2.45, 2.75) is 52.7 Å². The molecule has 110 valence electrons. The number of carbonyl (C=O) groups excluding carboxylic acids is 1. The number of ketones is 1. The number of Topliss-reactive ketones (excluding diaryl/α,β-unsaturated/α-hetero) is 1. The monoisotopic (exact) mass is 380 g/mol. The van der Waals surface area contributed by atoms with E-state index in [4.69, 9.17) is 9.47 Å². The number of hydrogen-bond acceptors (Lipinski definition) is 3. The van der Waals surface area contributed by atoms with Crippen molar-refractivity contribution < 1.29 is 14.3 Å². The summed E-state index contributed by atoms with van der Waals surface area (Å²) in [5.41, 5.74) is 0.0459. The van der Waals surface area contributed by atoms with Crippen LogP contribution in [0.3, 0.4) is 0 Å². The third-order valence-corrected chi connectivity index (χ3v) is 4.53. The number of allylic oxidation sites excluding steroid dienone is 1. The predicted molar refractivity (Wildman–Crippen MR) is 85.3 cm³/mol. The molecule has 0 aliphatic carbocycles. The second kappa shape index (κ2) is 6.68. The molecule has 1 saturated heterocycles. The molecular weight excluding hydrogens is 355 g/mol. The molecule has 0 unspecified atom stereocenters. The number of halogens is 1. The lowest BCUT2D eigenvalue weighted by Crippen LogP contribution is -2.48. The maximum Gasteiger partial charge on any atom is 0.169 e. The normalized spacial score (nSPS) is 22.8. The smallest absolute Gasteiger partial charge is 0.169 e. The lowest BCUT2D eigenvalue weighted by molar-refractivity contribution is -0.306. The van der Waals surface area contributed by atoms with Crippen LogP contribution in [0.25, 0.3) is 0 Å². The topological polar surface area (TPSA) is 35.5 Å². The van der Waals surface area contributed by atoms with Crippen molar-refractivity contribution >= 4 is 28.4 Å². The second-order valence-corrected chi connectivity index (χ2v) is 7.79. The van der Waals surface area contributed by atoms with E-state index >= 15 is 0 Å². The summed E-state index contributed by atoms with van der Waals surface area (Å²) in [4.78, 5) is 11.2. The molecule has 19 heavy (non-hydrogen) atoms. The van der Waals surface area contributed by atoms with Gasteiger partial charge in [-0.05, 0) is 39.0 Å². The molecule has 1 heterocycles. The van der Waals surface area contributed by atoms with E-state index in [-0.39, 0.29) is 11.2 Å². The molecule has 0 amide bonds. The van der Waals surface area contributed by atoms with Crippen molar-refractivity contribution in [2.75, 3.05) is 13.2 Å². The Morgan fingerprint density at radius 3 is 2.32 bits per heavy atom. The fourth-order valence-electron chi connectivity index (χ4n) is 2.05. The van der Waals surface area contributed by atoms with Crippen LogP contribution in [0, 0.1) is 11.3 Å². The minimum absolute atomic E-state index is 0.0459. The van der Waals surface area contributed by atoms with E-state index in [9.17, 15) is 4.79 Å². The minimum atomic E-state index is -0.616. The average Bonchev–Trinajstić information content (AvgIpc) is 2.30. The Bertz CT molecular complexity index is 339. The summed E-state index contributed by atoms with van der Waals surface area (Å²) in [6.07, 6.45) is 1.89. The SMILES string of the molecule is C=C(I)[C@H](C)CC1(CCC(C)=O)OCC(C)(C)CO1. The van der Waals surface area contributed by atoms with E-state index in [1.807, 2.05) is 0 Å². The third-order valence-electron chi connectivity index (χ3n) is 3.46. The van der Waals surface area contributed by atoms with Crippen molar-refractivity contribution in [1.82, 2.24) is 0 Å². The largest absolute Gasteiger partial charge is 0.349 e. The van der Waals surface area contributed by atoms with Gasteiger partial charge in [0.1, 0.15) is 5.78 Å². The van der Waals surface area contributed by atoms with E-state index in [2.05, 4.69) is 49.9 Å². The highest BCUT2D eigenvalue weighted by Gasteiger charge is 2.41.